The topological polar surface area (TPSA) is 53.7 Å². The van der Waals surface area contributed by atoms with E-state index in [0.717, 1.165) is 23.7 Å². The van der Waals surface area contributed by atoms with E-state index in [4.69, 9.17) is 19.9 Å². The molecule has 0 fully saturated rings. The summed E-state index contributed by atoms with van der Waals surface area (Å²) < 4.78 is 16.7. The summed E-state index contributed by atoms with van der Waals surface area (Å²) in [6.07, 6.45) is 0.785. The van der Waals surface area contributed by atoms with Gasteiger partial charge in [0.2, 0.25) is 0 Å². The van der Waals surface area contributed by atoms with Crippen molar-refractivity contribution in [2.24, 2.45) is 0 Å². The number of nitrogens with two attached hydrogens (primary N) is 1. The third-order valence-corrected chi connectivity index (χ3v) is 2.85. The molecule has 0 aliphatic carbocycles. The van der Waals surface area contributed by atoms with Crippen molar-refractivity contribution in [1.29, 1.82) is 0 Å². The largest absolute Gasteiger partial charge is 0.494 e. The van der Waals surface area contributed by atoms with Gasteiger partial charge < -0.3 is 19.9 Å². The van der Waals surface area contributed by atoms with Crippen LogP contribution in [0.5, 0.6) is 17.2 Å². The van der Waals surface area contributed by atoms with Crippen LogP contribution in [0.2, 0.25) is 0 Å². The van der Waals surface area contributed by atoms with Crippen LogP contribution in [0, 0.1) is 0 Å². The summed E-state index contributed by atoms with van der Waals surface area (Å²) in [4.78, 5) is 0. The normalized spacial score (nSPS) is 10.1. The van der Waals surface area contributed by atoms with E-state index in [-0.39, 0.29) is 0 Å². The molecule has 0 aliphatic heterocycles. The molecule has 0 amide bonds. The summed E-state index contributed by atoms with van der Waals surface area (Å²) in [5.74, 6) is 2.35. The Balaban J connectivity index is 1.70. The Labute approximate surface area is 125 Å². The highest BCUT2D eigenvalue weighted by Gasteiger charge is 2.00. The van der Waals surface area contributed by atoms with E-state index in [1.165, 1.54) is 0 Å². The molecule has 2 aromatic rings. The van der Waals surface area contributed by atoms with Crippen molar-refractivity contribution in [3.63, 3.8) is 0 Å². The molecular formula is C17H21NO3. The third-order valence-electron chi connectivity index (χ3n) is 2.85. The highest BCUT2D eigenvalue weighted by molar-refractivity contribution is 5.51. The van der Waals surface area contributed by atoms with Crippen LogP contribution >= 0.6 is 0 Å². The number of rotatable bonds is 8. The first-order valence-electron chi connectivity index (χ1n) is 7.12. The summed E-state index contributed by atoms with van der Waals surface area (Å²) >= 11 is 0. The zero-order chi connectivity index (χ0) is 14.9. The first-order chi connectivity index (χ1) is 10.3. The molecule has 0 saturated heterocycles. The van der Waals surface area contributed by atoms with Gasteiger partial charge >= 0.3 is 0 Å². The van der Waals surface area contributed by atoms with E-state index in [9.17, 15) is 0 Å². The molecule has 2 rings (SSSR count). The van der Waals surface area contributed by atoms with Gasteiger partial charge in [-0.25, -0.2) is 0 Å². The van der Waals surface area contributed by atoms with Crippen LogP contribution in [0.3, 0.4) is 0 Å². The average Bonchev–Trinajstić information content (AvgIpc) is 2.49. The number of anilines is 1. The van der Waals surface area contributed by atoms with E-state index in [1.807, 2.05) is 55.5 Å². The van der Waals surface area contributed by atoms with Crippen LogP contribution in [0.4, 0.5) is 5.69 Å². The molecule has 4 nitrogen and oxygen atoms in total. The van der Waals surface area contributed by atoms with E-state index >= 15 is 0 Å². The van der Waals surface area contributed by atoms with Crippen molar-refractivity contribution in [3.8, 4) is 17.2 Å². The number of para-hydroxylation sites is 2. The van der Waals surface area contributed by atoms with Gasteiger partial charge in [0.1, 0.15) is 17.2 Å². The van der Waals surface area contributed by atoms with Crippen molar-refractivity contribution < 1.29 is 14.2 Å². The summed E-state index contributed by atoms with van der Waals surface area (Å²) in [7, 11) is 0. The van der Waals surface area contributed by atoms with Crippen LogP contribution in [-0.2, 0) is 0 Å². The van der Waals surface area contributed by atoms with Crippen molar-refractivity contribution >= 4 is 5.69 Å². The number of hydrogen-bond acceptors (Lipinski definition) is 4. The third kappa shape index (κ3) is 4.91. The van der Waals surface area contributed by atoms with Crippen LogP contribution in [0.1, 0.15) is 13.3 Å². The van der Waals surface area contributed by atoms with Gasteiger partial charge in [-0.1, -0.05) is 18.2 Å². The number of hydrogen-bond donors (Lipinski definition) is 1. The maximum absolute atomic E-state index is 5.80. The van der Waals surface area contributed by atoms with Crippen molar-refractivity contribution in [1.82, 2.24) is 0 Å². The quantitative estimate of drug-likeness (QED) is 0.596. The van der Waals surface area contributed by atoms with E-state index in [2.05, 4.69) is 0 Å². The van der Waals surface area contributed by atoms with Crippen molar-refractivity contribution in [3.05, 3.63) is 48.5 Å². The highest BCUT2D eigenvalue weighted by atomic mass is 16.5. The molecule has 0 unspecified atom stereocenters. The Morgan fingerprint density at radius 1 is 0.857 bits per heavy atom. The lowest BCUT2D eigenvalue weighted by atomic mass is 10.3. The van der Waals surface area contributed by atoms with Gasteiger partial charge in [0, 0.05) is 12.5 Å². The molecule has 0 atom stereocenters. The lowest BCUT2D eigenvalue weighted by Gasteiger charge is -2.10. The number of benzene rings is 2. The van der Waals surface area contributed by atoms with Gasteiger partial charge in [-0.3, -0.25) is 0 Å². The molecule has 0 bridgehead atoms. The molecule has 0 heterocycles. The number of nitrogen functional groups attached to an aromatic ring is 1. The summed E-state index contributed by atoms with van der Waals surface area (Å²) in [5.41, 5.74) is 6.46. The van der Waals surface area contributed by atoms with Gasteiger partial charge in [0.05, 0.1) is 25.5 Å². The molecule has 0 spiro atoms. The Kier molecular flexibility index (Phi) is 5.76. The summed E-state index contributed by atoms with van der Waals surface area (Å²) in [6, 6.07) is 15.1. The molecule has 112 valence electrons. The van der Waals surface area contributed by atoms with Crippen LogP contribution < -0.4 is 19.9 Å². The Bertz CT molecular complexity index is 557. The SMILES string of the molecule is CCOc1cccc(OCCCOc2ccccc2N)c1. The van der Waals surface area contributed by atoms with Crippen LogP contribution in [0.25, 0.3) is 0 Å². The van der Waals surface area contributed by atoms with Crippen molar-refractivity contribution in [2.75, 3.05) is 25.6 Å². The monoisotopic (exact) mass is 287 g/mol. The minimum absolute atomic E-state index is 0.569. The fraction of sp³-hybridized carbons (Fsp3) is 0.294. The number of ether oxygens (including phenoxy) is 3. The predicted octanol–water partition coefficient (Wildman–Crippen LogP) is 3.52. The van der Waals surface area contributed by atoms with Crippen LogP contribution in [-0.4, -0.2) is 19.8 Å². The summed E-state index contributed by atoms with van der Waals surface area (Å²) in [5, 5.41) is 0. The zero-order valence-electron chi connectivity index (χ0n) is 12.2. The first kappa shape index (κ1) is 15.0. The Morgan fingerprint density at radius 3 is 2.33 bits per heavy atom. The van der Waals surface area contributed by atoms with Gasteiger partial charge in [0.25, 0.3) is 0 Å². The van der Waals surface area contributed by atoms with Gasteiger partial charge in [0.15, 0.2) is 0 Å². The second kappa shape index (κ2) is 8.04. The first-order valence-corrected chi connectivity index (χ1v) is 7.12. The standard InChI is InChI=1S/C17H21NO3/c1-2-19-14-7-5-8-15(13-14)20-11-6-12-21-17-10-4-3-9-16(17)18/h3-5,7-10,13H,2,6,11-12,18H2,1H3. The smallest absolute Gasteiger partial charge is 0.142 e. The molecule has 0 aliphatic rings. The average molecular weight is 287 g/mol. The molecule has 4 heteroatoms. The van der Waals surface area contributed by atoms with Gasteiger partial charge in [-0.05, 0) is 31.2 Å². The van der Waals surface area contributed by atoms with Crippen molar-refractivity contribution in [2.45, 2.75) is 13.3 Å². The molecule has 2 N–H and O–H groups in total. The minimum atomic E-state index is 0.569. The predicted molar refractivity (Wildman–Crippen MR) is 84.1 cm³/mol. The molecular weight excluding hydrogens is 266 g/mol. The van der Waals surface area contributed by atoms with Gasteiger partial charge in [-0.2, -0.15) is 0 Å². The lowest BCUT2D eigenvalue weighted by molar-refractivity contribution is 0.247. The second-order valence-corrected chi connectivity index (χ2v) is 4.50. The molecule has 0 aromatic heterocycles. The molecule has 0 radical (unpaired) electrons. The molecule has 2 aromatic carbocycles. The lowest BCUT2D eigenvalue weighted by Crippen LogP contribution is -2.06. The maximum Gasteiger partial charge on any atom is 0.142 e. The van der Waals surface area contributed by atoms with Crippen LogP contribution in [0.15, 0.2) is 48.5 Å². The molecule has 0 saturated carbocycles. The Hall–Kier alpha value is -2.36. The fourth-order valence-electron chi connectivity index (χ4n) is 1.86. The summed E-state index contributed by atoms with van der Waals surface area (Å²) in [6.45, 7) is 3.76. The van der Waals surface area contributed by atoms with Gasteiger partial charge in [-0.15, -0.1) is 0 Å². The van der Waals surface area contributed by atoms with E-state index in [1.54, 1.807) is 0 Å². The fourth-order valence-corrected chi connectivity index (χ4v) is 1.86. The maximum atomic E-state index is 5.80. The molecule has 21 heavy (non-hydrogen) atoms. The Morgan fingerprint density at radius 2 is 1.57 bits per heavy atom. The van der Waals surface area contributed by atoms with E-state index in [0.29, 0.717) is 25.5 Å². The van der Waals surface area contributed by atoms with E-state index < -0.39 is 0 Å². The highest BCUT2D eigenvalue weighted by Crippen LogP contribution is 2.21. The zero-order valence-corrected chi connectivity index (χ0v) is 12.2. The minimum Gasteiger partial charge on any atom is -0.494 e. The second-order valence-electron chi connectivity index (χ2n) is 4.50.